The number of fused-ring (bicyclic) bond motifs is 1. The molecule has 4 nitrogen and oxygen atoms in total. The summed E-state index contributed by atoms with van der Waals surface area (Å²) in [5.74, 6) is 0.601. The van der Waals surface area contributed by atoms with Crippen molar-refractivity contribution in [3.8, 4) is 0 Å². The number of benzene rings is 2. The van der Waals surface area contributed by atoms with Gasteiger partial charge >= 0.3 is 0 Å². The molecule has 1 heterocycles. The average Bonchev–Trinajstić information content (AvgIpc) is 2.96. The lowest BCUT2D eigenvalue weighted by atomic mass is 10.1. The fraction of sp³-hybridized carbons (Fsp3) is 0.235. The fourth-order valence-electron chi connectivity index (χ4n) is 2.34. The molecule has 0 aliphatic rings. The third kappa shape index (κ3) is 4.58. The quantitative estimate of drug-likeness (QED) is 0.612. The van der Waals surface area contributed by atoms with Gasteiger partial charge in [0.25, 0.3) is 0 Å². The molecule has 0 saturated carbocycles. The Morgan fingerprint density at radius 2 is 2.08 bits per heavy atom. The number of thioether (sulfide) groups is 1. The second kappa shape index (κ2) is 7.82. The van der Waals surface area contributed by atoms with Gasteiger partial charge in [0.1, 0.15) is 5.82 Å². The van der Waals surface area contributed by atoms with Crippen LogP contribution in [0.3, 0.4) is 0 Å². The first-order valence-corrected chi connectivity index (χ1v) is 11.0. The molecule has 25 heavy (non-hydrogen) atoms. The van der Waals surface area contributed by atoms with Gasteiger partial charge < -0.3 is 0 Å². The van der Waals surface area contributed by atoms with Crippen molar-refractivity contribution in [3.05, 3.63) is 53.8 Å². The van der Waals surface area contributed by atoms with E-state index in [0.717, 1.165) is 25.9 Å². The number of rotatable bonds is 7. The zero-order chi connectivity index (χ0) is 17.9. The summed E-state index contributed by atoms with van der Waals surface area (Å²) in [7, 11) is -3.61. The molecule has 0 unspecified atom stereocenters. The average molecular weight is 397 g/mol. The Hall–Kier alpha value is -1.48. The van der Waals surface area contributed by atoms with E-state index in [1.54, 1.807) is 42.1 Å². The highest BCUT2D eigenvalue weighted by Crippen LogP contribution is 2.30. The maximum absolute atomic E-state index is 13.2. The molecule has 2 aromatic carbocycles. The standard InChI is InChI=1S/C17H17FN2O2S3/c1-2-23-17-20-15-7-6-14(11-16(15)24-17)25(21,22)19-9-8-12-4-3-5-13(18)10-12/h3-7,10-11,19H,2,8-9H2,1H3. The highest BCUT2D eigenvalue weighted by atomic mass is 32.2. The highest BCUT2D eigenvalue weighted by Gasteiger charge is 2.15. The van der Waals surface area contributed by atoms with E-state index in [-0.39, 0.29) is 17.3 Å². The molecule has 0 aliphatic carbocycles. The SMILES string of the molecule is CCSc1nc2ccc(S(=O)(=O)NCCc3cccc(F)c3)cc2s1. The summed E-state index contributed by atoms with van der Waals surface area (Å²) in [4.78, 5) is 4.68. The molecule has 132 valence electrons. The van der Waals surface area contributed by atoms with Crippen molar-refractivity contribution in [1.29, 1.82) is 0 Å². The lowest BCUT2D eigenvalue weighted by Gasteiger charge is -2.07. The van der Waals surface area contributed by atoms with Gasteiger partial charge in [-0.1, -0.05) is 30.8 Å². The first-order chi connectivity index (χ1) is 12.0. The molecule has 0 bridgehead atoms. The Balaban J connectivity index is 1.71. The molecule has 1 N–H and O–H groups in total. The molecular weight excluding hydrogens is 379 g/mol. The van der Waals surface area contributed by atoms with Crippen LogP contribution >= 0.6 is 23.1 Å². The highest BCUT2D eigenvalue weighted by molar-refractivity contribution is 8.01. The molecule has 0 saturated heterocycles. The van der Waals surface area contributed by atoms with Gasteiger partial charge in [-0.2, -0.15) is 0 Å². The van der Waals surface area contributed by atoms with Crippen LogP contribution in [0.4, 0.5) is 4.39 Å². The van der Waals surface area contributed by atoms with E-state index in [9.17, 15) is 12.8 Å². The van der Waals surface area contributed by atoms with Gasteiger partial charge in [0.05, 0.1) is 15.1 Å². The Bertz CT molecular complexity index is 986. The van der Waals surface area contributed by atoms with E-state index in [1.807, 2.05) is 0 Å². The van der Waals surface area contributed by atoms with E-state index < -0.39 is 10.0 Å². The maximum Gasteiger partial charge on any atom is 0.240 e. The van der Waals surface area contributed by atoms with E-state index >= 15 is 0 Å². The Labute approximate surface area is 154 Å². The van der Waals surface area contributed by atoms with Gasteiger partial charge in [0.2, 0.25) is 10.0 Å². The molecule has 0 aliphatic heterocycles. The van der Waals surface area contributed by atoms with Crippen LogP contribution in [0.15, 0.2) is 51.7 Å². The lowest BCUT2D eigenvalue weighted by Crippen LogP contribution is -2.26. The molecule has 0 amide bonds. The van der Waals surface area contributed by atoms with Crippen LogP contribution in [0.25, 0.3) is 10.2 Å². The van der Waals surface area contributed by atoms with E-state index in [2.05, 4.69) is 16.6 Å². The fourth-order valence-corrected chi connectivity index (χ4v) is 5.48. The summed E-state index contributed by atoms with van der Waals surface area (Å²) < 4.78 is 42.4. The van der Waals surface area contributed by atoms with Gasteiger partial charge in [0.15, 0.2) is 4.34 Å². The van der Waals surface area contributed by atoms with Crippen molar-refractivity contribution < 1.29 is 12.8 Å². The van der Waals surface area contributed by atoms with Crippen LogP contribution in [0.1, 0.15) is 12.5 Å². The Morgan fingerprint density at radius 3 is 2.84 bits per heavy atom. The number of hydrogen-bond acceptors (Lipinski definition) is 5. The van der Waals surface area contributed by atoms with E-state index in [4.69, 9.17) is 0 Å². The summed E-state index contributed by atoms with van der Waals surface area (Å²) in [5, 5.41) is 0. The van der Waals surface area contributed by atoms with Crippen molar-refractivity contribution in [2.75, 3.05) is 12.3 Å². The summed E-state index contributed by atoms with van der Waals surface area (Å²) in [6.07, 6.45) is 0.428. The minimum Gasteiger partial charge on any atom is -0.230 e. The number of halogens is 1. The third-order valence-electron chi connectivity index (χ3n) is 3.51. The topological polar surface area (TPSA) is 59.1 Å². The van der Waals surface area contributed by atoms with Crippen molar-refractivity contribution in [3.63, 3.8) is 0 Å². The van der Waals surface area contributed by atoms with Crippen molar-refractivity contribution in [1.82, 2.24) is 9.71 Å². The molecule has 0 fully saturated rings. The monoisotopic (exact) mass is 396 g/mol. The zero-order valence-electron chi connectivity index (χ0n) is 13.5. The summed E-state index contributed by atoms with van der Waals surface area (Å²) >= 11 is 3.13. The van der Waals surface area contributed by atoms with Gasteiger partial charge in [-0.15, -0.1) is 11.3 Å². The molecule has 0 atom stereocenters. The normalized spacial score (nSPS) is 11.9. The third-order valence-corrected chi connectivity index (χ3v) is 7.02. The Morgan fingerprint density at radius 1 is 1.24 bits per heavy atom. The largest absolute Gasteiger partial charge is 0.240 e. The van der Waals surface area contributed by atoms with Crippen LogP contribution in [0.5, 0.6) is 0 Å². The minimum absolute atomic E-state index is 0.212. The van der Waals surface area contributed by atoms with Crippen molar-refractivity contribution in [2.45, 2.75) is 22.6 Å². The van der Waals surface area contributed by atoms with Crippen molar-refractivity contribution >= 4 is 43.3 Å². The van der Waals surface area contributed by atoms with Gasteiger partial charge in [-0.25, -0.2) is 22.5 Å². The summed E-state index contributed by atoms with van der Waals surface area (Å²) in [6, 6.07) is 11.1. The lowest BCUT2D eigenvalue weighted by molar-refractivity contribution is 0.581. The number of thiazole rings is 1. The van der Waals surface area contributed by atoms with Crippen LogP contribution in [-0.4, -0.2) is 25.7 Å². The van der Waals surface area contributed by atoms with Crippen LogP contribution in [-0.2, 0) is 16.4 Å². The number of aromatic nitrogens is 1. The first-order valence-electron chi connectivity index (χ1n) is 7.75. The van der Waals surface area contributed by atoms with Gasteiger partial charge in [0, 0.05) is 6.54 Å². The number of nitrogens with one attached hydrogen (secondary N) is 1. The van der Waals surface area contributed by atoms with E-state index in [1.165, 1.54) is 23.5 Å². The summed E-state index contributed by atoms with van der Waals surface area (Å²) in [5.41, 5.74) is 1.56. The number of sulfonamides is 1. The maximum atomic E-state index is 13.2. The minimum atomic E-state index is -3.61. The van der Waals surface area contributed by atoms with Gasteiger partial charge in [-0.05, 0) is 48.1 Å². The molecule has 8 heteroatoms. The number of hydrogen-bond donors (Lipinski definition) is 1. The predicted molar refractivity (Wildman–Crippen MR) is 101 cm³/mol. The van der Waals surface area contributed by atoms with Crippen LogP contribution in [0.2, 0.25) is 0 Å². The molecular formula is C17H17FN2O2S3. The zero-order valence-corrected chi connectivity index (χ0v) is 16.0. The molecule has 0 spiro atoms. The molecule has 0 radical (unpaired) electrons. The second-order valence-electron chi connectivity index (χ2n) is 5.32. The molecule has 3 rings (SSSR count). The smallest absolute Gasteiger partial charge is 0.230 e. The molecule has 1 aromatic heterocycles. The Kier molecular flexibility index (Phi) is 5.73. The van der Waals surface area contributed by atoms with Crippen LogP contribution in [0, 0.1) is 5.82 Å². The molecule has 3 aromatic rings. The van der Waals surface area contributed by atoms with E-state index in [0.29, 0.717) is 6.42 Å². The van der Waals surface area contributed by atoms with Gasteiger partial charge in [-0.3, -0.25) is 0 Å². The first kappa shape index (κ1) is 18.3. The van der Waals surface area contributed by atoms with Crippen LogP contribution < -0.4 is 4.72 Å². The summed E-state index contributed by atoms with van der Waals surface area (Å²) in [6.45, 7) is 2.26. The number of nitrogens with zero attached hydrogens (tertiary/aromatic N) is 1. The van der Waals surface area contributed by atoms with Crippen molar-refractivity contribution in [2.24, 2.45) is 0 Å². The predicted octanol–water partition coefficient (Wildman–Crippen LogP) is 4.07. The second-order valence-corrected chi connectivity index (χ2v) is 9.63.